The molecule has 90 valence electrons. The number of alkyl halides is 3. The maximum absolute atomic E-state index is 12.1. The molecule has 0 aromatic rings. The highest BCUT2D eigenvalue weighted by Gasteiger charge is 2.36. The maximum Gasteiger partial charge on any atom is 0.389 e. The van der Waals surface area contributed by atoms with Crippen LogP contribution in [0.3, 0.4) is 0 Å². The molecule has 0 heterocycles. The van der Waals surface area contributed by atoms with Crippen LogP contribution in [0.2, 0.25) is 0 Å². The standard InChI is InChI=1S/C11H20F3N/c1-10(6-3-2-4-7-10)9(15)5-8-11(12,13)14/h9H,2-8,15H2,1H3. The van der Waals surface area contributed by atoms with Crippen LogP contribution in [0.5, 0.6) is 0 Å². The number of rotatable bonds is 3. The zero-order valence-electron chi connectivity index (χ0n) is 9.24. The van der Waals surface area contributed by atoms with Gasteiger partial charge in [0.25, 0.3) is 0 Å². The van der Waals surface area contributed by atoms with Crippen LogP contribution in [-0.4, -0.2) is 12.2 Å². The van der Waals surface area contributed by atoms with Crippen LogP contribution in [0.1, 0.15) is 51.9 Å². The summed E-state index contributed by atoms with van der Waals surface area (Å²) in [5.74, 6) is 0. The van der Waals surface area contributed by atoms with Gasteiger partial charge in [-0.25, -0.2) is 0 Å². The summed E-state index contributed by atoms with van der Waals surface area (Å²) in [6.45, 7) is 2.03. The molecule has 15 heavy (non-hydrogen) atoms. The SMILES string of the molecule is CC1(C(N)CCC(F)(F)F)CCCCC1. The van der Waals surface area contributed by atoms with E-state index >= 15 is 0 Å². The maximum atomic E-state index is 12.1. The Balaban J connectivity index is 2.41. The van der Waals surface area contributed by atoms with Gasteiger partial charge in [0.05, 0.1) is 0 Å². The Hall–Kier alpha value is -0.250. The van der Waals surface area contributed by atoms with Crippen molar-refractivity contribution in [2.45, 2.75) is 64.1 Å². The Labute approximate surface area is 89.2 Å². The molecule has 0 saturated heterocycles. The zero-order valence-corrected chi connectivity index (χ0v) is 9.24. The molecule has 1 saturated carbocycles. The van der Waals surface area contributed by atoms with Gasteiger partial charge in [-0.1, -0.05) is 26.2 Å². The van der Waals surface area contributed by atoms with Crippen LogP contribution in [0.25, 0.3) is 0 Å². The molecule has 0 radical (unpaired) electrons. The van der Waals surface area contributed by atoms with Gasteiger partial charge in [0.1, 0.15) is 0 Å². The lowest BCUT2D eigenvalue weighted by Crippen LogP contribution is -2.41. The first-order valence-corrected chi connectivity index (χ1v) is 5.66. The molecule has 0 aliphatic heterocycles. The minimum atomic E-state index is -4.07. The largest absolute Gasteiger partial charge is 0.389 e. The van der Waals surface area contributed by atoms with E-state index in [1.165, 1.54) is 6.42 Å². The van der Waals surface area contributed by atoms with Crippen LogP contribution < -0.4 is 5.73 Å². The molecule has 0 aromatic carbocycles. The van der Waals surface area contributed by atoms with Crippen molar-refractivity contribution in [2.75, 3.05) is 0 Å². The van der Waals surface area contributed by atoms with E-state index in [-0.39, 0.29) is 17.9 Å². The topological polar surface area (TPSA) is 26.0 Å². The molecule has 0 amide bonds. The van der Waals surface area contributed by atoms with Gasteiger partial charge in [-0.3, -0.25) is 0 Å². The lowest BCUT2D eigenvalue weighted by atomic mass is 9.70. The quantitative estimate of drug-likeness (QED) is 0.776. The molecule has 2 N–H and O–H groups in total. The minimum Gasteiger partial charge on any atom is -0.327 e. The highest BCUT2D eigenvalue weighted by molar-refractivity contribution is 4.88. The lowest BCUT2D eigenvalue weighted by Gasteiger charge is -2.39. The first-order valence-electron chi connectivity index (χ1n) is 5.66. The lowest BCUT2D eigenvalue weighted by molar-refractivity contribution is -0.137. The summed E-state index contributed by atoms with van der Waals surface area (Å²) in [6.07, 6.45) is 0.623. The van der Waals surface area contributed by atoms with Gasteiger partial charge in [0, 0.05) is 12.5 Å². The predicted molar refractivity (Wildman–Crippen MR) is 54.5 cm³/mol. The summed E-state index contributed by atoms with van der Waals surface area (Å²) in [4.78, 5) is 0. The second kappa shape index (κ2) is 4.73. The molecule has 1 rings (SSSR count). The van der Waals surface area contributed by atoms with Gasteiger partial charge in [-0.15, -0.1) is 0 Å². The summed E-state index contributed by atoms with van der Waals surface area (Å²) in [7, 11) is 0. The van der Waals surface area contributed by atoms with E-state index in [1.54, 1.807) is 0 Å². The van der Waals surface area contributed by atoms with Crippen LogP contribution in [-0.2, 0) is 0 Å². The van der Waals surface area contributed by atoms with Crippen molar-refractivity contribution in [3.8, 4) is 0 Å². The fourth-order valence-electron chi connectivity index (χ4n) is 2.40. The molecule has 0 spiro atoms. The van der Waals surface area contributed by atoms with Crippen LogP contribution in [0.15, 0.2) is 0 Å². The molecule has 4 heteroatoms. The molecule has 1 atom stereocenters. The van der Waals surface area contributed by atoms with Crippen molar-refractivity contribution in [1.29, 1.82) is 0 Å². The van der Waals surface area contributed by atoms with E-state index in [9.17, 15) is 13.2 Å². The monoisotopic (exact) mass is 223 g/mol. The third kappa shape index (κ3) is 4.01. The Morgan fingerprint density at radius 1 is 1.20 bits per heavy atom. The first-order chi connectivity index (χ1) is 6.83. The van der Waals surface area contributed by atoms with Crippen molar-refractivity contribution < 1.29 is 13.2 Å². The highest BCUT2D eigenvalue weighted by Crippen LogP contribution is 2.40. The number of nitrogens with two attached hydrogens (primary N) is 1. The second-order valence-corrected chi connectivity index (χ2v) is 4.98. The molecule has 1 unspecified atom stereocenters. The fourth-order valence-corrected chi connectivity index (χ4v) is 2.40. The number of hydrogen-bond acceptors (Lipinski definition) is 1. The van der Waals surface area contributed by atoms with Gasteiger partial charge >= 0.3 is 6.18 Å². The highest BCUT2D eigenvalue weighted by atomic mass is 19.4. The van der Waals surface area contributed by atoms with E-state index < -0.39 is 12.6 Å². The van der Waals surface area contributed by atoms with Crippen LogP contribution in [0, 0.1) is 5.41 Å². The average molecular weight is 223 g/mol. The Morgan fingerprint density at radius 3 is 2.20 bits per heavy atom. The van der Waals surface area contributed by atoms with Gasteiger partial charge in [0.2, 0.25) is 0 Å². The number of hydrogen-bond donors (Lipinski definition) is 1. The third-order valence-electron chi connectivity index (χ3n) is 3.63. The first kappa shape index (κ1) is 12.8. The minimum absolute atomic E-state index is 0.0660. The van der Waals surface area contributed by atoms with Crippen molar-refractivity contribution in [2.24, 2.45) is 11.1 Å². The smallest absolute Gasteiger partial charge is 0.327 e. The molecule has 1 nitrogen and oxygen atoms in total. The Morgan fingerprint density at radius 2 is 1.73 bits per heavy atom. The van der Waals surface area contributed by atoms with Crippen molar-refractivity contribution >= 4 is 0 Å². The van der Waals surface area contributed by atoms with Gasteiger partial charge < -0.3 is 5.73 Å². The van der Waals surface area contributed by atoms with Gasteiger partial charge in [0.15, 0.2) is 0 Å². The van der Waals surface area contributed by atoms with Crippen LogP contribution >= 0.6 is 0 Å². The van der Waals surface area contributed by atoms with Crippen molar-refractivity contribution in [3.63, 3.8) is 0 Å². The Kier molecular flexibility index (Phi) is 4.04. The summed E-state index contributed by atoms with van der Waals surface area (Å²) in [5, 5.41) is 0. The van der Waals surface area contributed by atoms with E-state index in [0.29, 0.717) is 0 Å². The van der Waals surface area contributed by atoms with E-state index in [1.807, 2.05) is 6.92 Å². The molecule has 1 aliphatic carbocycles. The summed E-state index contributed by atoms with van der Waals surface area (Å²) in [6, 6.07) is -0.306. The molecule has 0 bridgehead atoms. The molecule has 1 fully saturated rings. The van der Waals surface area contributed by atoms with E-state index in [4.69, 9.17) is 5.73 Å². The molecular weight excluding hydrogens is 203 g/mol. The normalized spacial score (nSPS) is 23.8. The third-order valence-corrected chi connectivity index (χ3v) is 3.63. The van der Waals surface area contributed by atoms with Crippen molar-refractivity contribution in [3.05, 3.63) is 0 Å². The average Bonchev–Trinajstić information content (AvgIpc) is 2.14. The van der Waals surface area contributed by atoms with E-state index in [2.05, 4.69) is 0 Å². The predicted octanol–water partition coefficient (Wildman–Crippen LogP) is 3.63. The summed E-state index contributed by atoms with van der Waals surface area (Å²) >= 11 is 0. The zero-order chi connectivity index (χ0) is 11.5. The van der Waals surface area contributed by atoms with Crippen LogP contribution in [0.4, 0.5) is 13.2 Å². The molecule has 1 aliphatic rings. The van der Waals surface area contributed by atoms with E-state index in [0.717, 1.165) is 25.7 Å². The fraction of sp³-hybridized carbons (Fsp3) is 1.00. The second-order valence-electron chi connectivity index (χ2n) is 4.98. The molecular formula is C11H20F3N. The van der Waals surface area contributed by atoms with Gasteiger partial charge in [-0.2, -0.15) is 13.2 Å². The Bertz CT molecular complexity index is 194. The van der Waals surface area contributed by atoms with Gasteiger partial charge in [-0.05, 0) is 24.7 Å². The molecule has 0 aromatic heterocycles. The number of halogens is 3. The van der Waals surface area contributed by atoms with Crippen molar-refractivity contribution in [1.82, 2.24) is 0 Å². The summed E-state index contributed by atoms with van der Waals surface area (Å²) in [5.41, 5.74) is 5.82. The summed E-state index contributed by atoms with van der Waals surface area (Å²) < 4.78 is 36.2.